The minimum absolute atomic E-state index is 0.403. The maximum absolute atomic E-state index is 6.06. The molecule has 0 aliphatic carbocycles. The van der Waals surface area contributed by atoms with E-state index in [-0.39, 0.29) is 0 Å². The fraction of sp³-hybridized carbons (Fsp3) is 0.0769. The molecule has 19 heavy (non-hydrogen) atoms. The van der Waals surface area contributed by atoms with Crippen LogP contribution in [-0.2, 0) is 0 Å². The Labute approximate surface area is 127 Å². The first kappa shape index (κ1) is 14.1. The number of anilines is 2. The molecule has 1 aromatic carbocycles. The summed E-state index contributed by atoms with van der Waals surface area (Å²) in [5.41, 5.74) is 1.74. The Morgan fingerprint density at radius 1 is 1.16 bits per heavy atom. The third-order valence-corrected chi connectivity index (χ3v) is 3.38. The molecule has 0 aliphatic heterocycles. The standard InChI is InChI=1S/C13H11Cl2N3S/c1-8-5-6-11(16-7-8)18-13(19)17-10-4-2-3-9(14)12(10)15/h2-7H,1H3,(H2,16,17,18,19). The Hall–Kier alpha value is -1.36. The van der Waals surface area contributed by atoms with Crippen LogP contribution in [0.25, 0.3) is 0 Å². The summed E-state index contributed by atoms with van der Waals surface area (Å²) >= 11 is 17.2. The molecule has 0 saturated carbocycles. The van der Waals surface area contributed by atoms with Crippen LogP contribution in [0.2, 0.25) is 10.0 Å². The summed E-state index contributed by atoms with van der Waals surface area (Å²) in [6.07, 6.45) is 1.76. The van der Waals surface area contributed by atoms with Crippen LogP contribution in [0.3, 0.4) is 0 Å². The first-order valence-electron chi connectivity index (χ1n) is 5.51. The van der Waals surface area contributed by atoms with E-state index in [1.165, 1.54) is 0 Å². The second-order valence-corrected chi connectivity index (χ2v) is 5.09. The van der Waals surface area contributed by atoms with E-state index in [9.17, 15) is 0 Å². The lowest BCUT2D eigenvalue weighted by Gasteiger charge is -2.11. The van der Waals surface area contributed by atoms with Gasteiger partial charge in [0.15, 0.2) is 5.11 Å². The Kier molecular flexibility index (Phi) is 4.58. The Balaban J connectivity index is 2.05. The highest BCUT2D eigenvalue weighted by Gasteiger charge is 2.06. The highest BCUT2D eigenvalue weighted by atomic mass is 35.5. The maximum atomic E-state index is 6.06. The highest BCUT2D eigenvalue weighted by molar-refractivity contribution is 7.80. The zero-order chi connectivity index (χ0) is 13.8. The van der Waals surface area contributed by atoms with Crippen molar-refractivity contribution in [2.75, 3.05) is 10.6 Å². The molecule has 3 nitrogen and oxygen atoms in total. The van der Waals surface area contributed by atoms with Gasteiger partial charge in [-0.1, -0.05) is 35.3 Å². The van der Waals surface area contributed by atoms with E-state index in [0.717, 1.165) is 5.56 Å². The molecule has 0 saturated heterocycles. The van der Waals surface area contributed by atoms with Crippen molar-refractivity contribution in [1.82, 2.24) is 4.98 Å². The van der Waals surface area contributed by atoms with Crippen LogP contribution in [0.4, 0.5) is 11.5 Å². The van der Waals surface area contributed by atoms with Crippen molar-refractivity contribution in [2.45, 2.75) is 6.92 Å². The molecule has 1 heterocycles. The summed E-state index contributed by atoms with van der Waals surface area (Å²) in [7, 11) is 0. The van der Waals surface area contributed by atoms with Crippen LogP contribution in [0.15, 0.2) is 36.5 Å². The molecule has 0 spiro atoms. The average Bonchev–Trinajstić information content (AvgIpc) is 2.38. The number of aromatic nitrogens is 1. The average molecular weight is 312 g/mol. The number of thiocarbonyl (C=S) groups is 1. The van der Waals surface area contributed by atoms with Crippen molar-refractivity contribution in [2.24, 2.45) is 0 Å². The summed E-state index contributed by atoms with van der Waals surface area (Å²) in [5.74, 6) is 0.668. The van der Waals surface area contributed by atoms with Gasteiger partial charge in [0, 0.05) is 6.20 Å². The van der Waals surface area contributed by atoms with Crippen LogP contribution < -0.4 is 10.6 Å². The molecule has 0 unspecified atom stereocenters. The lowest BCUT2D eigenvalue weighted by atomic mass is 10.3. The quantitative estimate of drug-likeness (QED) is 0.800. The zero-order valence-corrected chi connectivity index (χ0v) is 12.4. The number of aryl methyl sites for hydroxylation is 1. The predicted octanol–water partition coefficient (Wildman–Crippen LogP) is 4.51. The normalized spacial score (nSPS) is 10.1. The van der Waals surface area contributed by atoms with E-state index in [2.05, 4.69) is 15.6 Å². The number of benzene rings is 1. The highest BCUT2D eigenvalue weighted by Crippen LogP contribution is 2.29. The van der Waals surface area contributed by atoms with Crippen molar-refractivity contribution < 1.29 is 0 Å². The first-order valence-corrected chi connectivity index (χ1v) is 6.67. The molecule has 0 aliphatic rings. The summed E-state index contributed by atoms with van der Waals surface area (Å²) in [4.78, 5) is 4.20. The van der Waals surface area contributed by atoms with Gasteiger partial charge in [-0.2, -0.15) is 0 Å². The lowest BCUT2D eigenvalue weighted by Crippen LogP contribution is -2.19. The van der Waals surface area contributed by atoms with Gasteiger partial charge in [-0.25, -0.2) is 4.98 Å². The van der Waals surface area contributed by atoms with Crippen LogP contribution in [0.1, 0.15) is 5.56 Å². The van der Waals surface area contributed by atoms with E-state index in [1.807, 2.05) is 19.1 Å². The fourth-order valence-electron chi connectivity index (χ4n) is 1.41. The number of pyridine rings is 1. The number of rotatable bonds is 2. The molecule has 2 N–H and O–H groups in total. The molecule has 2 aromatic rings. The monoisotopic (exact) mass is 311 g/mol. The van der Waals surface area contributed by atoms with Gasteiger partial charge in [0.1, 0.15) is 5.82 Å². The second kappa shape index (κ2) is 6.19. The van der Waals surface area contributed by atoms with Crippen LogP contribution in [-0.4, -0.2) is 10.1 Å². The Bertz CT molecular complexity index is 599. The maximum Gasteiger partial charge on any atom is 0.176 e. The van der Waals surface area contributed by atoms with Gasteiger partial charge >= 0.3 is 0 Å². The third kappa shape index (κ3) is 3.80. The molecular weight excluding hydrogens is 301 g/mol. The molecule has 0 amide bonds. The van der Waals surface area contributed by atoms with Gasteiger partial charge < -0.3 is 10.6 Å². The number of hydrogen-bond acceptors (Lipinski definition) is 2. The topological polar surface area (TPSA) is 37.0 Å². The zero-order valence-electron chi connectivity index (χ0n) is 10.1. The molecule has 1 aromatic heterocycles. The molecule has 0 atom stereocenters. The molecule has 0 fully saturated rings. The molecule has 6 heteroatoms. The number of halogens is 2. The summed E-state index contributed by atoms with van der Waals surface area (Å²) in [6.45, 7) is 1.97. The van der Waals surface area contributed by atoms with E-state index in [1.54, 1.807) is 24.4 Å². The van der Waals surface area contributed by atoms with E-state index >= 15 is 0 Å². The molecule has 0 radical (unpaired) electrons. The van der Waals surface area contributed by atoms with Gasteiger partial charge in [0.2, 0.25) is 0 Å². The van der Waals surface area contributed by atoms with E-state index < -0.39 is 0 Å². The van der Waals surface area contributed by atoms with Crippen LogP contribution >= 0.6 is 35.4 Å². The Morgan fingerprint density at radius 2 is 1.95 bits per heavy atom. The molecular formula is C13H11Cl2N3S. The van der Waals surface area contributed by atoms with Crippen LogP contribution in [0, 0.1) is 6.92 Å². The Morgan fingerprint density at radius 3 is 2.63 bits per heavy atom. The van der Waals surface area contributed by atoms with Gasteiger partial charge in [-0.05, 0) is 42.9 Å². The third-order valence-electron chi connectivity index (χ3n) is 2.35. The summed E-state index contributed by atoms with van der Waals surface area (Å²) < 4.78 is 0. The largest absolute Gasteiger partial charge is 0.331 e. The molecule has 0 bridgehead atoms. The minimum atomic E-state index is 0.403. The van der Waals surface area contributed by atoms with Crippen molar-refractivity contribution >= 4 is 52.0 Å². The van der Waals surface area contributed by atoms with E-state index in [4.69, 9.17) is 35.4 Å². The minimum Gasteiger partial charge on any atom is -0.331 e. The lowest BCUT2D eigenvalue weighted by molar-refractivity contribution is 1.27. The van der Waals surface area contributed by atoms with Gasteiger partial charge in [-0.3, -0.25) is 0 Å². The van der Waals surface area contributed by atoms with Gasteiger partial charge in [0.25, 0.3) is 0 Å². The smallest absolute Gasteiger partial charge is 0.176 e. The van der Waals surface area contributed by atoms with Gasteiger partial charge in [-0.15, -0.1) is 0 Å². The molecule has 2 rings (SSSR count). The predicted molar refractivity (Wildman–Crippen MR) is 85.3 cm³/mol. The van der Waals surface area contributed by atoms with E-state index in [0.29, 0.717) is 26.7 Å². The molecule has 98 valence electrons. The van der Waals surface area contributed by atoms with Gasteiger partial charge in [0.05, 0.1) is 15.7 Å². The summed E-state index contributed by atoms with van der Waals surface area (Å²) in [5, 5.41) is 7.26. The van der Waals surface area contributed by atoms with Crippen molar-refractivity contribution in [3.8, 4) is 0 Å². The fourth-order valence-corrected chi connectivity index (χ4v) is 1.97. The SMILES string of the molecule is Cc1ccc(NC(=S)Nc2cccc(Cl)c2Cl)nc1. The number of nitrogens with zero attached hydrogens (tertiary/aromatic N) is 1. The summed E-state index contributed by atoms with van der Waals surface area (Å²) in [6, 6.07) is 9.11. The number of hydrogen-bond donors (Lipinski definition) is 2. The van der Waals surface area contributed by atoms with Crippen LogP contribution in [0.5, 0.6) is 0 Å². The first-order chi connectivity index (χ1) is 9.06. The van der Waals surface area contributed by atoms with Crippen molar-refractivity contribution in [3.05, 3.63) is 52.1 Å². The van der Waals surface area contributed by atoms with Crippen molar-refractivity contribution in [3.63, 3.8) is 0 Å². The van der Waals surface area contributed by atoms with Crippen molar-refractivity contribution in [1.29, 1.82) is 0 Å². The second-order valence-electron chi connectivity index (χ2n) is 3.90. The number of nitrogens with one attached hydrogen (secondary N) is 2.